The lowest BCUT2D eigenvalue weighted by Crippen LogP contribution is -2.51. The third-order valence-corrected chi connectivity index (χ3v) is 3.59. The average Bonchev–Trinajstić information content (AvgIpc) is 2.88. The van der Waals surface area contributed by atoms with Crippen molar-refractivity contribution >= 4 is 11.9 Å². The Kier molecular flexibility index (Phi) is 4.76. The summed E-state index contributed by atoms with van der Waals surface area (Å²) >= 11 is 0. The van der Waals surface area contributed by atoms with E-state index in [1.165, 1.54) is 0 Å². The van der Waals surface area contributed by atoms with Gasteiger partial charge in [-0.1, -0.05) is 0 Å². The van der Waals surface area contributed by atoms with E-state index in [0.29, 0.717) is 13.0 Å². The number of aliphatic carboxylic acids is 1. The number of hydrogen-bond acceptors (Lipinski definition) is 4. The van der Waals surface area contributed by atoms with Crippen molar-refractivity contribution < 1.29 is 24.2 Å². The van der Waals surface area contributed by atoms with Crippen LogP contribution < -0.4 is 0 Å². The molecule has 0 aromatic carbocycles. The molecule has 2 heterocycles. The zero-order valence-electron chi connectivity index (χ0n) is 11.2. The van der Waals surface area contributed by atoms with Gasteiger partial charge in [-0.2, -0.15) is 0 Å². The summed E-state index contributed by atoms with van der Waals surface area (Å²) in [6.45, 7) is 3.18. The SMILES string of the molecule is C[C@@H]1CN(C(=O)CCC2CCCO2)CC(C(=O)O)O1. The fraction of sp³-hybridized carbons (Fsp3) is 0.846. The van der Waals surface area contributed by atoms with Gasteiger partial charge in [0.05, 0.1) is 18.8 Å². The van der Waals surface area contributed by atoms with Crippen molar-refractivity contribution in [1.82, 2.24) is 4.90 Å². The molecule has 1 amide bonds. The van der Waals surface area contributed by atoms with Crippen LogP contribution in [-0.4, -0.2) is 59.9 Å². The molecule has 3 atom stereocenters. The summed E-state index contributed by atoms with van der Waals surface area (Å²) in [4.78, 5) is 24.6. The predicted octanol–water partition coefficient (Wildman–Crippen LogP) is 0.646. The van der Waals surface area contributed by atoms with Crippen LogP contribution in [0.4, 0.5) is 0 Å². The minimum Gasteiger partial charge on any atom is -0.479 e. The zero-order valence-corrected chi connectivity index (χ0v) is 11.2. The van der Waals surface area contributed by atoms with Gasteiger partial charge in [0.1, 0.15) is 0 Å². The molecule has 2 fully saturated rings. The van der Waals surface area contributed by atoms with E-state index in [1.807, 2.05) is 0 Å². The first kappa shape index (κ1) is 14.3. The second-order valence-electron chi connectivity index (χ2n) is 5.25. The maximum atomic E-state index is 12.1. The van der Waals surface area contributed by atoms with E-state index in [9.17, 15) is 9.59 Å². The van der Waals surface area contributed by atoms with E-state index in [1.54, 1.807) is 11.8 Å². The first-order valence-electron chi connectivity index (χ1n) is 6.84. The average molecular weight is 271 g/mol. The van der Waals surface area contributed by atoms with E-state index in [2.05, 4.69) is 0 Å². The van der Waals surface area contributed by atoms with Crippen molar-refractivity contribution in [1.29, 1.82) is 0 Å². The highest BCUT2D eigenvalue weighted by atomic mass is 16.5. The van der Waals surface area contributed by atoms with Crippen molar-refractivity contribution in [2.75, 3.05) is 19.7 Å². The highest BCUT2D eigenvalue weighted by molar-refractivity contribution is 5.78. The number of carboxylic acid groups (broad SMARTS) is 1. The second-order valence-corrected chi connectivity index (χ2v) is 5.25. The number of nitrogens with zero attached hydrogens (tertiary/aromatic N) is 1. The Morgan fingerprint density at radius 3 is 2.79 bits per heavy atom. The van der Waals surface area contributed by atoms with Crippen LogP contribution in [-0.2, 0) is 19.1 Å². The molecule has 2 aliphatic heterocycles. The van der Waals surface area contributed by atoms with Crippen LogP contribution in [0.15, 0.2) is 0 Å². The van der Waals surface area contributed by atoms with Crippen LogP contribution in [0, 0.1) is 0 Å². The van der Waals surface area contributed by atoms with Crippen LogP contribution in [0.1, 0.15) is 32.6 Å². The smallest absolute Gasteiger partial charge is 0.334 e. The van der Waals surface area contributed by atoms with Gasteiger partial charge in [-0.15, -0.1) is 0 Å². The highest BCUT2D eigenvalue weighted by Crippen LogP contribution is 2.19. The van der Waals surface area contributed by atoms with Gasteiger partial charge in [0, 0.05) is 19.6 Å². The van der Waals surface area contributed by atoms with E-state index in [0.717, 1.165) is 25.9 Å². The molecule has 2 saturated heterocycles. The molecule has 0 aromatic rings. The maximum absolute atomic E-state index is 12.1. The van der Waals surface area contributed by atoms with E-state index in [4.69, 9.17) is 14.6 Å². The first-order chi connectivity index (χ1) is 9.06. The molecule has 1 N–H and O–H groups in total. The van der Waals surface area contributed by atoms with Gasteiger partial charge in [-0.3, -0.25) is 4.79 Å². The van der Waals surface area contributed by atoms with Gasteiger partial charge in [0.25, 0.3) is 0 Å². The Labute approximate surface area is 112 Å². The minimum absolute atomic E-state index is 0.00287. The van der Waals surface area contributed by atoms with Gasteiger partial charge in [0.2, 0.25) is 5.91 Å². The molecule has 0 bridgehead atoms. The Morgan fingerprint density at radius 1 is 1.37 bits per heavy atom. The molecule has 19 heavy (non-hydrogen) atoms. The Balaban J connectivity index is 1.81. The summed E-state index contributed by atoms with van der Waals surface area (Å²) in [6, 6.07) is 0. The van der Waals surface area contributed by atoms with Crippen LogP contribution in [0.2, 0.25) is 0 Å². The Morgan fingerprint density at radius 2 is 2.16 bits per heavy atom. The summed E-state index contributed by atoms with van der Waals surface area (Å²) in [7, 11) is 0. The topological polar surface area (TPSA) is 76.1 Å². The van der Waals surface area contributed by atoms with Crippen molar-refractivity contribution in [2.24, 2.45) is 0 Å². The molecule has 0 aromatic heterocycles. The number of hydrogen-bond donors (Lipinski definition) is 1. The summed E-state index contributed by atoms with van der Waals surface area (Å²) in [6.07, 6.45) is 2.28. The summed E-state index contributed by atoms with van der Waals surface area (Å²) < 4.78 is 10.8. The molecular weight excluding hydrogens is 250 g/mol. The molecule has 108 valence electrons. The maximum Gasteiger partial charge on any atom is 0.334 e. The standard InChI is InChI=1S/C13H21NO5/c1-9-7-14(8-11(19-9)13(16)17)12(15)5-4-10-3-2-6-18-10/h9-11H,2-8H2,1H3,(H,16,17)/t9-,10?,11?/m1/s1. The van der Waals surface area contributed by atoms with Crippen molar-refractivity contribution in [3.63, 3.8) is 0 Å². The number of rotatable bonds is 4. The monoisotopic (exact) mass is 271 g/mol. The lowest BCUT2D eigenvalue weighted by atomic mass is 10.1. The van der Waals surface area contributed by atoms with Crippen LogP contribution in [0.3, 0.4) is 0 Å². The molecular formula is C13H21NO5. The number of morpholine rings is 1. The Hall–Kier alpha value is -1.14. The molecule has 6 nitrogen and oxygen atoms in total. The molecule has 2 unspecified atom stereocenters. The van der Waals surface area contributed by atoms with E-state index < -0.39 is 12.1 Å². The second kappa shape index (κ2) is 6.34. The molecule has 0 saturated carbocycles. The number of carbonyl (C=O) groups is 2. The minimum atomic E-state index is -1.01. The third-order valence-electron chi connectivity index (χ3n) is 3.59. The molecule has 2 aliphatic rings. The lowest BCUT2D eigenvalue weighted by Gasteiger charge is -2.35. The van der Waals surface area contributed by atoms with Gasteiger partial charge in [0.15, 0.2) is 6.10 Å². The molecule has 0 spiro atoms. The number of amides is 1. The largest absolute Gasteiger partial charge is 0.479 e. The number of carboxylic acids is 1. The molecule has 6 heteroatoms. The van der Waals surface area contributed by atoms with Gasteiger partial charge in [-0.25, -0.2) is 4.79 Å². The van der Waals surface area contributed by atoms with Crippen molar-refractivity contribution in [3.05, 3.63) is 0 Å². The summed E-state index contributed by atoms with van der Waals surface area (Å²) in [5, 5.41) is 8.98. The van der Waals surface area contributed by atoms with Crippen LogP contribution >= 0.6 is 0 Å². The fourth-order valence-electron chi connectivity index (χ4n) is 2.61. The quantitative estimate of drug-likeness (QED) is 0.812. The normalized spacial score (nSPS) is 31.4. The predicted molar refractivity (Wildman–Crippen MR) is 66.8 cm³/mol. The van der Waals surface area contributed by atoms with Crippen LogP contribution in [0.5, 0.6) is 0 Å². The van der Waals surface area contributed by atoms with Crippen molar-refractivity contribution in [2.45, 2.75) is 50.9 Å². The molecule has 0 aliphatic carbocycles. The van der Waals surface area contributed by atoms with Crippen molar-refractivity contribution in [3.8, 4) is 0 Å². The molecule has 0 radical (unpaired) electrons. The summed E-state index contributed by atoms with van der Waals surface area (Å²) in [5.41, 5.74) is 0. The van der Waals surface area contributed by atoms with E-state index >= 15 is 0 Å². The van der Waals surface area contributed by atoms with Gasteiger partial charge in [-0.05, 0) is 26.2 Å². The number of carbonyl (C=O) groups excluding carboxylic acids is 1. The Bertz CT molecular complexity index is 340. The van der Waals surface area contributed by atoms with Gasteiger partial charge < -0.3 is 19.5 Å². The lowest BCUT2D eigenvalue weighted by molar-refractivity contribution is -0.166. The zero-order chi connectivity index (χ0) is 13.8. The summed E-state index contributed by atoms with van der Waals surface area (Å²) in [5.74, 6) is -1.01. The van der Waals surface area contributed by atoms with E-state index in [-0.39, 0.29) is 24.7 Å². The third kappa shape index (κ3) is 3.91. The fourth-order valence-corrected chi connectivity index (χ4v) is 2.61. The molecule has 2 rings (SSSR count). The van der Waals surface area contributed by atoms with Gasteiger partial charge >= 0.3 is 5.97 Å². The van der Waals surface area contributed by atoms with Crippen LogP contribution in [0.25, 0.3) is 0 Å². The first-order valence-corrected chi connectivity index (χ1v) is 6.84. The number of ether oxygens (including phenoxy) is 2. The highest BCUT2D eigenvalue weighted by Gasteiger charge is 2.32.